The van der Waals surface area contributed by atoms with Gasteiger partial charge in [-0.1, -0.05) is 43.3 Å². The largest absolute Gasteiger partial charge is 0.493 e. The molecule has 0 aliphatic carbocycles. The Morgan fingerprint density at radius 3 is 2.36 bits per heavy atom. The molecule has 0 heterocycles. The minimum Gasteiger partial charge on any atom is -0.493 e. The highest BCUT2D eigenvalue weighted by atomic mass is 16.5. The summed E-state index contributed by atoms with van der Waals surface area (Å²) in [5, 5.41) is 0. The van der Waals surface area contributed by atoms with Crippen molar-refractivity contribution in [2.24, 2.45) is 0 Å². The molecule has 0 aliphatic rings. The summed E-state index contributed by atoms with van der Waals surface area (Å²) in [5.74, 6) is 0.580. The summed E-state index contributed by atoms with van der Waals surface area (Å²) in [6.07, 6.45) is 3.85. The summed E-state index contributed by atoms with van der Waals surface area (Å²) < 4.78 is 21.6. The lowest BCUT2D eigenvalue weighted by Gasteiger charge is -2.10. The summed E-state index contributed by atoms with van der Waals surface area (Å²) in [6.45, 7) is 2.82. The molecule has 6 nitrogen and oxygen atoms in total. The van der Waals surface area contributed by atoms with Crippen molar-refractivity contribution in [2.75, 3.05) is 13.7 Å². The summed E-state index contributed by atoms with van der Waals surface area (Å²) in [4.78, 5) is 24.4. The fourth-order valence-electron chi connectivity index (χ4n) is 2.90. The number of carbonyl (C=O) groups is 2. The molecule has 0 radical (unpaired) electrons. The molecule has 0 unspecified atom stereocenters. The second kappa shape index (κ2) is 12.1. The van der Waals surface area contributed by atoms with Gasteiger partial charge in [0.05, 0.1) is 19.3 Å². The van der Waals surface area contributed by atoms with E-state index in [2.05, 4.69) is 0 Å². The highest BCUT2D eigenvalue weighted by Crippen LogP contribution is 2.28. The molecule has 0 fully saturated rings. The number of hydrogen-bond acceptors (Lipinski definition) is 6. The van der Waals surface area contributed by atoms with Gasteiger partial charge in [0.15, 0.2) is 11.5 Å². The standard InChI is InChI=1S/C27H26O6/c1-3-17-31-24-15-9-20(18-25(24)30-2)10-16-26(28)33-23-13-11-22(12-14-23)27(29)32-19-21-7-5-4-6-8-21/h4-16,18H,3,17,19H2,1-2H3. The van der Waals surface area contributed by atoms with Crippen molar-refractivity contribution in [2.45, 2.75) is 20.0 Å². The van der Waals surface area contributed by atoms with Crippen LogP contribution < -0.4 is 14.2 Å². The first-order valence-electron chi connectivity index (χ1n) is 10.6. The minimum atomic E-state index is -0.542. The molecule has 0 spiro atoms. The first-order valence-corrected chi connectivity index (χ1v) is 10.6. The van der Waals surface area contributed by atoms with E-state index >= 15 is 0 Å². The van der Waals surface area contributed by atoms with Gasteiger partial charge in [-0.05, 0) is 60.0 Å². The molecule has 0 bridgehead atoms. The zero-order valence-corrected chi connectivity index (χ0v) is 18.7. The van der Waals surface area contributed by atoms with Gasteiger partial charge in [0.1, 0.15) is 12.4 Å². The van der Waals surface area contributed by atoms with E-state index in [0.29, 0.717) is 29.4 Å². The van der Waals surface area contributed by atoms with Crippen molar-refractivity contribution in [1.82, 2.24) is 0 Å². The number of methoxy groups -OCH3 is 1. The molecule has 0 amide bonds. The Labute approximate surface area is 193 Å². The van der Waals surface area contributed by atoms with E-state index in [1.165, 1.54) is 6.08 Å². The predicted molar refractivity (Wildman–Crippen MR) is 125 cm³/mol. The van der Waals surface area contributed by atoms with Crippen LogP contribution in [0, 0.1) is 0 Å². The first-order chi connectivity index (χ1) is 16.1. The summed E-state index contributed by atoms with van der Waals surface area (Å²) in [5.41, 5.74) is 2.05. The third-order valence-electron chi connectivity index (χ3n) is 4.58. The Morgan fingerprint density at radius 1 is 0.909 bits per heavy atom. The molecular formula is C27H26O6. The minimum absolute atomic E-state index is 0.192. The first kappa shape index (κ1) is 23.6. The van der Waals surface area contributed by atoms with E-state index in [1.54, 1.807) is 49.6 Å². The highest BCUT2D eigenvalue weighted by Gasteiger charge is 2.09. The fraction of sp³-hybridized carbons (Fsp3) is 0.185. The van der Waals surface area contributed by atoms with Crippen molar-refractivity contribution in [3.8, 4) is 17.2 Å². The van der Waals surface area contributed by atoms with Gasteiger partial charge in [0.25, 0.3) is 0 Å². The lowest BCUT2D eigenvalue weighted by atomic mass is 10.2. The average Bonchev–Trinajstić information content (AvgIpc) is 2.86. The molecule has 0 N–H and O–H groups in total. The molecule has 6 heteroatoms. The number of carbonyl (C=O) groups excluding carboxylic acids is 2. The molecular weight excluding hydrogens is 420 g/mol. The van der Waals surface area contributed by atoms with E-state index in [9.17, 15) is 9.59 Å². The van der Waals surface area contributed by atoms with Crippen LogP contribution in [0.2, 0.25) is 0 Å². The molecule has 0 saturated carbocycles. The number of ether oxygens (including phenoxy) is 4. The Kier molecular flexibility index (Phi) is 8.65. The number of benzene rings is 3. The van der Waals surface area contributed by atoms with Crippen molar-refractivity contribution in [3.05, 3.63) is 95.6 Å². The molecule has 0 aromatic heterocycles. The molecule has 0 saturated heterocycles. The molecule has 0 atom stereocenters. The quantitative estimate of drug-likeness (QED) is 0.234. The van der Waals surface area contributed by atoms with Gasteiger partial charge in [0, 0.05) is 6.08 Å². The van der Waals surface area contributed by atoms with Crippen molar-refractivity contribution in [1.29, 1.82) is 0 Å². The molecule has 3 aromatic rings. The van der Waals surface area contributed by atoms with Crippen LogP contribution in [0.3, 0.4) is 0 Å². The summed E-state index contributed by atoms with van der Waals surface area (Å²) >= 11 is 0. The Hall–Kier alpha value is -4.06. The summed E-state index contributed by atoms with van der Waals surface area (Å²) in [6, 6.07) is 21.1. The third kappa shape index (κ3) is 7.25. The van der Waals surface area contributed by atoms with Crippen molar-refractivity contribution in [3.63, 3.8) is 0 Å². The maximum atomic E-state index is 12.2. The lowest BCUT2D eigenvalue weighted by molar-refractivity contribution is -0.128. The second-order valence-corrected chi connectivity index (χ2v) is 7.10. The van der Waals surface area contributed by atoms with E-state index in [-0.39, 0.29) is 6.61 Å². The normalized spacial score (nSPS) is 10.6. The monoisotopic (exact) mass is 446 g/mol. The van der Waals surface area contributed by atoms with Gasteiger partial charge in [-0.3, -0.25) is 0 Å². The van der Waals surface area contributed by atoms with E-state index < -0.39 is 11.9 Å². The number of rotatable bonds is 10. The van der Waals surface area contributed by atoms with E-state index in [0.717, 1.165) is 17.5 Å². The van der Waals surface area contributed by atoms with Crippen LogP contribution in [-0.4, -0.2) is 25.7 Å². The Bertz CT molecular complexity index is 1090. The fourth-order valence-corrected chi connectivity index (χ4v) is 2.90. The Balaban J connectivity index is 1.54. The lowest BCUT2D eigenvalue weighted by Crippen LogP contribution is -2.06. The smallest absolute Gasteiger partial charge is 0.338 e. The van der Waals surface area contributed by atoms with Crippen LogP contribution in [0.1, 0.15) is 34.8 Å². The van der Waals surface area contributed by atoms with E-state index in [4.69, 9.17) is 18.9 Å². The topological polar surface area (TPSA) is 71.1 Å². The third-order valence-corrected chi connectivity index (χ3v) is 4.58. The average molecular weight is 446 g/mol. The maximum Gasteiger partial charge on any atom is 0.338 e. The van der Waals surface area contributed by atoms with Crippen molar-refractivity contribution >= 4 is 18.0 Å². The van der Waals surface area contributed by atoms with Gasteiger partial charge < -0.3 is 18.9 Å². The van der Waals surface area contributed by atoms with Crippen LogP contribution in [0.25, 0.3) is 6.08 Å². The summed E-state index contributed by atoms with van der Waals surface area (Å²) in [7, 11) is 1.57. The van der Waals surface area contributed by atoms with Gasteiger partial charge >= 0.3 is 11.9 Å². The maximum absolute atomic E-state index is 12.2. The molecule has 3 rings (SSSR count). The number of esters is 2. The molecule has 170 valence electrons. The van der Waals surface area contributed by atoms with Crippen LogP contribution in [-0.2, 0) is 16.1 Å². The van der Waals surface area contributed by atoms with Crippen molar-refractivity contribution < 1.29 is 28.5 Å². The van der Waals surface area contributed by atoms with Crippen LogP contribution in [0.15, 0.2) is 78.9 Å². The zero-order chi connectivity index (χ0) is 23.5. The van der Waals surface area contributed by atoms with E-state index in [1.807, 2.05) is 43.3 Å². The highest BCUT2D eigenvalue weighted by molar-refractivity contribution is 5.90. The van der Waals surface area contributed by atoms with Gasteiger partial charge in [-0.2, -0.15) is 0 Å². The number of hydrogen-bond donors (Lipinski definition) is 0. The molecule has 33 heavy (non-hydrogen) atoms. The van der Waals surface area contributed by atoms with Crippen LogP contribution in [0.5, 0.6) is 17.2 Å². The van der Waals surface area contributed by atoms with Crippen LogP contribution >= 0.6 is 0 Å². The van der Waals surface area contributed by atoms with Gasteiger partial charge in [0.2, 0.25) is 0 Å². The molecule has 0 aliphatic heterocycles. The second-order valence-electron chi connectivity index (χ2n) is 7.10. The zero-order valence-electron chi connectivity index (χ0n) is 18.7. The van der Waals surface area contributed by atoms with Gasteiger partial charge in [-0.15, -0.1) is 0 Å². The SMILES string of the molecule is CCCOc1ccc(C=CC(=O)Oc2ccc(C(=O)OCc3ccccc3)cc2)cc1OC. The molecule has 3 aromatic carbocycles. The predicted octanol–water partition coefficient (Wildman–Crippen LogP) is 5.46. The Morgan fingerprint density at radius 2 is 1.67 bits per heavy atom. The van der Waals surface area contributed by atoms with Crippen LogP contribution in [0.4, 0.5) is 0 Å². The van der Waals surface area contributed by atoms with Gasteiger partial charge in [-0.25, -0.2) is 9.59 Å².